The lowest BCUT2D eigenvalue weighted by Crippen LogP contribution is -2.16. The summed E-state index contributed by atoms with van der Waals surface area (Å²) in [6.45, 7) is 2.67. The minimum absolute atomic E-state index is 0.142. The van der Waals surface area contributed by atoms with Crippen LogP contribution in [0.3, 0.4) is 0 Å². The van der Waals surface area contributed by atoms with E-state index < -0.39 is 5.91 Å². The molecule has 1 amide bonds. The number of hydrogen-bond acceptors (Lipinski definition) is 5. The molecule has 0 radical (unpaired) electrons. The van der Waals surface area contributed by atoms with Gasteiger partial charge in [-0.25, -0.2) is 5.43 Å². The number of benzene rings is 3. The van der Waals surface area contributed by atoms with Gasteiger partial charge in [-0.1, -0.05) is 57.9 Å². The Morgan fingerprint density at radius 2 is 1.91 bits per heavy atom. The van der Waals surface area contributed by atoms with Crippen LogP contribution >= 0.6 is 43.5 Å². The summed E-state index contributed by atoms with van der Waals surface area (Å²) in [4.78, 5) is 12.5. The summed E-state index contributed by atoms with van der Waals surface area (Å²) >= 11 is 13.3. The highest BCUT2D eigenvalue weighted by Crippen LogP contribution is 2.37. The highest BCUT2D eigenvalue weighted by Gasteiger charge is 2.15. The zero-order chi connectivity index (χ0) is 24.1. The van der Waals surface area contributed by atoms with Crippen LogP contribution in [0.15, 0.2) is 79.1 Å². The number of hydrazone groups is 1. The molecule has 0 unspecified atom stereocenters. The molecule has 0 spiro atoms. The van der Waals surface area contributed by atoms with Crippen molar-refractivity contribution in [2.45, 2.75) is 13.5 Å². The maximum Gasteiger partial charge on any atom is 0.307 e. The summed E-state index contributed by atoms with van der Waals surface area (Å²) < 4.78 is 18.9. The SMILES string of the molecule is CCOc1cc(/C=N\NC(=O)c2cc3cc(Br)cc(Br)c3o2)cc(Cl)c1OCc1ccccc1. The van der Waals surface area contributed by atoms with Crippen molar-refractivity contribution in [1.29, 1.82) is 0 Å². The molecule has 0 bridgehead atoms. The lowest BCUT2D eigenvalue weighted by Gasteiger charge is -2.14. The second-order valence-electron chi connectivity index (χ2n) is 7.15. The van der Waals surface area contributed by atoms with Crippen LogP contribution in [0.4, 0.5) is 0 Å². The first-order valence-electron chi connectivity index (χ1n) is 10.3. The second-order valence-corrected chi connectivity index (χ2v) is 9.33. The number of carbonyl (C=O) groups excluding carboxylic acids is 1. The first-order chi connectivity index (χ1) is 16.4. The largest absolute Gasteiger partial charge is 0.490 e. The standard InChI is InChI=1S/C25H19Br2ClN2O4/c1-2-32-21-9-16(8-20(28)24(21)33-14-15-6-4-3-5-7-15)13-29-30-25(31)22-11-17-10-18(26)12-19(27)23(17)34-22/h3-13H,2,14H2,1H3,(H,30,31)/b29-13-. The molecule has 0 saturated carbocycles. The van der Waals surface area contributed by atoms with Crippen LogP contribution in [-0.4, -0.2) is 18.7 Å². The Kier molecular flexibility index (Phi) is 7.92. The Bertz CT molecular complexity index is 1360. The molecule has 0 atom stereocenters. The molecule has 0 aliphatic rings. The molecule has 0 aliphatic carbocycles. The molecule has 6 nitrogen and oxygen atoms in total. The molecule has 1 heterocycles. The van der Waals surface area contributed by atoms with Crippen molar-refractivity contribution in [2.24, 2.45) is 5.10 Å². The maximum absolute atomic E-state index is 12.5. The van der Waals surface area contributed by atoms with Gasteiger partial charge in [-0.3, -0.25) is 4.79 Å². The van der Waals surface area contributed by atoms with E-state index in [0.29, 0.717) is 40.9 Å². The molecule has 34 heavy (non-hydrogen) atoms. The summed E-state index contributed by atoms with van der Waals surface area (Å²) in [6.07, 6.45) is 1.47. The minimum Gasteiger partial charge on any atom is -0.490 e. The fraction of sp³-hybridized carbons (Fsp3) is 0.120. The smallest absolute Gasteiger partial charge is 0.307 e. The second kappa shape index (κ2) is 11.1. The van der Waals surface area contributed by atoms with Crippen molar-refractivity contribution in [3.05, 3.63) is 91.5 Å². The summed E-state index contributed by atoms with van der Waals surface area (Å²) in [6, 6.07) is 18.6. The number of nitrogens with one attached hydrogen (secondary N) is 1. The van der Waals surface area contributed by atoms with E-state index >= 15 is 0 Å². The van der Waals surface area contributed by atoms with E-state index in [9.17, 15) is 4.79 Å². The van der Waals surface area contributed by atoms with E-state index in [0.717, 1.165) is 19.9 Å². The summed E-state index contributed by atoms with van der Waals surface area (Å²) in [5, 5.41) is 5.20. The molecular formula is C25H19Br2ClN2O4. The molecule has 9 heteroatoms. The zero-order valence-electron chi connectivity index (χ0n) is 18.0. The monoisotopic (exact) mass is 604 g/mol. The van der Waals surface area contributed by atoms with Crippen molar-refractivity contribution < 1.29 is 18.7 Å². The molecule has 3 aromatic carbocycles. The van der Waals surface area contributed by atoms with E-state index in [1.807, 2.05) is 49.4 Å². The van der Waals surface area contributed by atoms with E-state index in [1.54, 1.807) is 18.2 Å². The number of fused-ring (bicyclic) bond motifs is 1. The van der Waals surface area contributed by atoms with Crippen LogP contribution in [0.2, 0.25) is 5.02 Å². The quantitative estimate of drug-likeness (QED) is 0.168. The average molecular weight is 607 g/mol. The van der Waals surface area contributed by atoms with Gasteiger partial charge in [0, 0.05) is 9.86 Å². The van der Waals surface area contributed by atoms with Crippen LogP contribution in [0.5, 0.6) is 11.5 Å². The van der Waals surface area contributed by atoms with E-state index in [-0.39, 0.29) is 5.76 Å². The average Bonchev–Trinajstić information content (AvgIpc) is 3.24. The predicted octanol–water partition coefficient (Wildman–Crippen LogP) is 7.35. The number of rotatable bonds is 8. The number of furan rings is 1. The van der Waals surface area contributed by atoms with Crippen molar-refractivity contribution in [3.8, 4) is 11.5 Å². The summed E-state index contributed by atoms with van der Waals surface area (Å²) in [5.74, 6) is 0.608. The first-order valence-corrected chi connectivity index (χ1v) is 12.3. The third-order valence-corrected chi connectivity index (χ3v) is 6.02. The van der Waals surface area contributed by atoms with Crippen LogP contribution in [0.1, 0.15) is 28.6 Å². The van der Waals surface area contributed by atoms with Crippen LogP contribution in [-0.2, 0) is 6.61 Å². The lowest BCUT2D eigenvalue weighted by molar-refractivity contribution is 0.0929. The van der Waals surface area contributed by atoms with Gasteiger partial charge >= 0.3 is 5.91 Å². The molecular weight excluding hydrogens is 588 g/mol. The van der Waals surface area contributed by atoms with Crippen molar-refractivity contribution in [1.82, 2.24) is 5.43 Å². The number of carbonyl (C=O) groups is 1. The molecule has 4 rings (SSSR count). The molecule has 4 aromatic rings. The number of ether oxygens (including phenoxy) is 2. The fourth-order valence-electron chi connectivity index (χ4n) is 3.20. The minimum atomic E-state index is -0.477. The molecule has 0 saturated heterocycles. The van der Waals surface area contributed by atoms with Crippen molar-refractivity contribution >= 4 is 66.6 Å². The third-order valence-electron chi connectivity index (χ3n) is 4.70. The number of nitrogens with zero attached hydrogens (tertiary/aromatic N) is 1. The number of hydrogen-bond donors (Lipinski definition) is 1. The Morgan fingerprint density at radius 1 is 1.12 bits per heavy atom. The third kappa shape index (κ3) is 5.81. The normalized spacial score (nSPS) is 11.2. The Morgan fingerprint density at radius 3 is 2.68 bits per heavy atom. The molecule has 0 aliphatic heterocycles. The predicted molar refractivity (Wildman–Crippen MR) is 140 cm³/mol. The topological polar surface area (TPSA) is 73.1 Å². The molecule has 0 fully saturated rings. The highest BCUT2D eigenvalue weighted by molar-refractivity contribution is 9.11. The van der Waals surface area contributed by atoms with Gasteiger partial charge in [-0.05, 0) is 64.3 Å². The highest BCUT2D eigenvalue weighted by atomic mass is 79.9. The summed E-state index contributed by atoms with van der Waals surface area (Å²) in [7, 11) is 0. The van der Waals surface area contributed by atoms with E-state index in [1.165, 1.54) is 6.21 Å². The Balaban J connectivity index is 1.48. The fourth-order valence-corrected chi connectivity index (χ4v) is 4.82. The zero-order valence-corrected chi connectivity index (χ0v) is 21.9. The molecule has 174 valence electrons. The van der Waals surface area contributed by atoms with E-state index in [2.05, 4.69) is 42.4 Å². The van der Waals surface area contributed by atoms with Crippen LogP contribution < -0.4 is 14.9 Å². The van der Waals surface area contributed by atoms with E-state index in [4.69, 9.17) is 25.5 Å². The summed E-state index contributed by atoms with van der Waals surface area (Å²) in [5.41, 5.74) is 4.70. The van der Waals surface area contributed by atoms with Gasteiger partial charge in [0.05, 0.1) is 22.3 Å². The van der Waals surface area contributed by atoms with Crippen molar-refractivity contribution in [2.75, 3.05) is 6.61 Å². The van der Waals surface area contributed by atoms with Gasteiger partial charge in [0.1, 0.15) is 12.2 Å². The van der Waals surface area contributed by atoms with Crippen LogP contribution in [0, 0.1) is 0 Å². The lowest BCUT2D eigenvalue weighted by atomic mass is 10.2. The Labute approximate surface area is 218 Å². The first kappa shape index (κ1) is 24.3. The molecule has 1 N–H and O–H groups in total. The van der Waals surface area contributed by atoms with Gasteiger partial charge in [0.2, 0.25) is 0 Å². The Hall–Kier alpha value is -2.81. The van der Waals surface area contributed by atoms with Gasteiger partial charge in [0.15, 0.2) is 17.3 Å². The number of amides is 1. The van der Waals surface area contributed by atoms with Gasteiger partial charge in [-0.2, -0.15) is 5.10 Å². The molecule has 1 aromatic heterocycles. The van der Waals surface area contributed by atoms with Crippen LogP contribution in [0.25, 0.3) is 11.0 Å². The number of halogens is 3. The van der Waals surface area contributed by atoms with Gasteiger partial charge in [0.25, 0.3) is 0 Å². The van der Waals surface area contributed by atoms with Crippen molar-refractivity contribution in [3.63, 3.8) is 0 Å². The van der Waals surface area contributed by atoms with Gasteiger partial charge < -0.3 is 13.9 Å². The van der Waals surface area contributed by atoms with Gasteiger partial charge in [-0.15, -0.1) is 0 Å². The maximum atomic E-state index is 12.5.